The van der Waals surface area contributed by atoms with E-state index in [0.717, 1.165) is 38.9 Å². The molecule has 0 atom stereocenters. The molecule has 0 unspecified atom stereocenters. The lowest BCUT2D eigenvalue weighted by molar-refractivity contribution is 0.0383. The molecule has 104 valence electrons. The first-order valence-corrected chi connectivity index (χ1v) is 6.30. The number of nitrogen functional groups attached to an aromatic ring is 1. The summed E-state index contributed by atoms with van der Waals surface area (Å²) in [6.45, 7) is 4.53. The van der Waals surface area contributed by atoms with Crippen LogP contribution in [0.2, 0.25) is 0 Å². The van der Waals surface area contributed by atoms with E-state index in [1.165, 1.54) is 12.1 Å². The van der Waals surface area contributed by atoms with E-state index in [-0.39, 0.29) is 17.2 Å². The number of nitrogens with two attached hydrogens (primary N) is 1. The third-order valence-corrected chi connectivity index (χ3v) is 3.08. The monoisotopic (exact) mass is 267 g/mol. The van der Waals surface area contributed by atoms with Crippen LogP contribution in [0.15, 0.2) is 18.2 Å². The van der Waals surface area contributed by atoms with Gasteiger partial charge in [0, 0.05) is 31.7 Å². The summed E-state index contributed by atoms with van der Waals surface area (Å²) < 4.78 is 18.5. The lowest BCUT2D eigenvalue weighted by atomic mass is 10.2. The molecule has 1 saturated heterocycles. The topological polar surface area (TPSA) is 67.6 Å². The average Bonchev–Trinajstić information content (AvgIpc) is 2.43. The molecule has 1 aliphatic rings. The number of carbonyl (C=O) groups excluding carboxylic acids is 1. The molecule has 1 amide bonds. The summed E-state index contributed by atoms with van der Waals surface area (Å²) in [6.07, 6.45) is 0. The van der Waals surface area contributed by atoms with Gasteiger partial charge in [-0.3, -0.25) is 9.69 Å². The largest absolute Gasteiger partial charge is 0.396 e. The Kier molecular flexibility index (Phi) is 4.70. The number of rotatable bonds is 4. The molecule has 19 heavy (non-hydrogen) atoms. The number of anilines is 1. The smallest absolute Gasteiger partial charge is 0.251 e. The average molecular weight is 267 g/mol. The van der Waals surface area contributed by atoms with E-state index in [9.17, 15) is 9.18 Å². The molecular formula is C13H18FN3O2. The van der Waals surface area contributed by atoms with Crippen LogP contribution < -0.4 is 11.1 Å². The van der Waals surface area contributed by atoms with Crippen molar-refractivity contribution in [3.63, 3.8) is 0 Å². The Balaban J connectivity index is 1.78. The lowest BCUT2D eigenvalue weighted by Gasteiger charge is -2.26. The molecule has 1 aliphatic heterocycles. The first kappa shape index (κ1) is 13.8. The highest BCUT2D eigenvalue weighted by atomic mass is 19.1. The first-order valence-electron chi connectivity index (χ1n) is 6.30. The molecule has 0 aromatic heterocycles. The molecule has 0 saturated carbocycles. The van der Waals surface area contributed by atoms with Crippen molar-refractivity contribution in [2.75, 3.05) is 45.1 Å². The van der Waals surface area contributed by atoms with Crippen molar-refractivity contribution >= 4 is 11.6 Å². The molecule has 5 nitrogen and oxygen atoms in total. The van der Waals surface area contributed by atoms with Crippen LogP contribution in [-0.2, 0) is 4.74 Å². The number of hydrogen-bond donors (Lipinski definition) is 2. The number of halogens is 1. The van der Waals surface area contributed by atoms with Crippen LogP contribution in [0.1, 0.15) is 10.4 Å². The van der Waals surface area contributed by atoms with Gasteiger partial charge in [-0.05, 0) is 18.2 Å². The number of amides is 1. The van der Waals surface area contributed by atoms with Crippen molar-refractivity contribution in [2.45, 2.75) is 0 Å². The summed E-state index contributed by atoms with van der Waals surface area (Å²) >= 11 is 0. The maximum atomic E-state index is 13.2. The summed E-state index contributed by atoms with van der Waals surface area (Å²) in [7, 11) is 0. The van der Waals surface area contributed by atoms with E-state index in [1.54, 1.807) is 0 Å². The van der Waals surface area contributed by atoms with E-state index in [0.29, 0.717) is 6.54 Å². The van der Waals surface area contributed by atoms with Gasteiger partial charge in [-0.25, -0.2) is 4.39 Å². The molecule has 1 aromatic carbocycles. The van der Waals surface area contributed by atoms with E-state index >= 15 is 0 Å². The van der Waals surface area contributed by atoms with Gasteiger partial charge in [0.1, 0.15) is 5.82 Å². The zero-order valence-corrected chi connectivity index (χ0v) is 10.7. The van der Waals surface area contributed by atoms with Crippen molar-refractivity contribution in [3.8, 4) is 0 Å². The van der Waals surface area contributed by atoms with Crippen molar-refractivity contribution in [1.29, 1.82) is 0 Å². The quantitative estimate of drug-likeness (QED) is 0.778. The SMILES string of the molecule is Nc1ccc(C(=O)NCCN2CCOCC2)cc1F. The highest BCUT2D eigenvalue weighted by molar-refractivity contribution is 5.94. The van der Waals surface area contributed by atoms with Gasteiger partial charge in [0.2, 0.25) is 0 Å². The lowest BCUT2D eigenvalue weighted by Crippen LogP contribution is -2.41. The van der Waals surface area contributed by atoms with Gasteiger partial charge in [-0.15, -0.1) is 0 Å². The molecular weight excluding hydrogens is 249 g/mol. The number of morpholine rings is 1. The minimum atomic E-state index is -0.569. The van der Waals surface area contributed by atoms with Gasteiger partial charge in [0.15, 0.2) is 0 Å². The molecule has 0 spiro atoms. The van der Waals surface area contributed by atoms with Crippen LogP contribution in [0.25, 0.3) is 0 Å². The zero-order valence-electron chi connectivity index (χ0n) is 10.7. The molecule has 6 heteroatoms. The number of nitrogens with one attached hydrogen (secondary N) is 1. The van der Waals surface area contributed by atoms with Crippen molar-refractivity contribution in [2.24, 2.45) is 0 Å². The number of nitrogens with zero attached hydrogens (tertiary/aromatic N) is 1. The van der Waals surface area contributed by atoms with Crippen LogP contribution in [0, 0.1) is 5.82 Å². The maximum absolute atomic E-state index is 13.2. The highest BCUT2D eigenvalue weighted by Crippen LogP contribution is 2.11. The van der Waals surface area contributed by atoms with Crippen molar-refractivity contribution in [1.82, 2.24) is 10.2 Å². The predicted molar refractivity (Wildman–Crippen MR) is 70.4 cm³/mol. The second-order valence-corrected chi connectivity index (χ2v) is 4.45. The third-order valence-electron chi connectivity index (χ3n) is 3.08. The van der Waals surface area contributed by atoms with Crippen LogP contribution in [0.3, 0.4) is 0 Å². The Labute approximate surface area is 111 Å². The molecule has 1 aromatic rings. The Morgan fingerprint density at radius 3 is 2.84 bits per heavy atom. The van der Waals surface area contributed by atoms with E-state index in [2.05, 4.69) is 10.2 Å². The Hall–Kier alpha value is -1.66. The van der Waals surface area contributed by atoms with Gasteiger partial charge in [-0.2, -0.15) is 0 Å². The fourth-order valence-corrected chi connectivity index (χ4v) is 1.92. The normalized spacial score (nSPS) is 16.3. The van der Waals surface area contributed by atoms with Crippen LogP contribution >= 0.6 is 0 Å². The Bertz CT molecular complexity index is 448. The van der Waals surface area contributed by atoms with Crippen LogP contribution in [0.5, 0.6) is 0 Å². The second-order valence-electron chi connectivity index (χ2n) is 4.45. The van der Waals surface area contributed by atoms with Gasteiger partial charge in [0.25, 0.3) is 5.91 Å². The highest BCUT2D eigenvalue weighted by Gasteiger charge is 2.11. The van der Waals surface area contributed by atoms with E-state index < -0.39 is 5.82 Å². The minimum absolute atomic E-state index is 0.0462. The molecule has 1 heterocycles. The van der Waals surface area contributed by atoms with Crippen LogP contribution in [0.4, 0.5) is 10.1 Å². The van der Waals surface area contributed by atoms with Gasteiger partial charge >= 0.3 is 0 Å². The predicted octanol–water partition coefficient (Wildman–Crippen LogP) is 0.470. The zero-order chi connectivity index (χ0) is 13.7. The summed E-state index contributed by atoms with van der Waals surface area (Å²) in [5.41, 5.74) is 5.69. The third kappa shape index (κ3) is 3.90. The Morgan fingerprint density at radius 2 is 2.16 bits per heavy atom. The van der Waals surface area contributed by atoms with E-state index in [1.807, 2.05) is 0 Å². The number of benzene rings is 1. The summed E-state index contributed by atoms with van der Waals surface area (Å²) in [5, 5.41) is 2.76. The number of ether oxygens (including phenoxy) is 1. The molecule has 1 fully saturated rings. The minimum Gasteiger partial charge on any atom is -0.396 e. The van der Waals surface area contributed by atoms with Gasteiger partial charge in [-0.1, -0.05) is 0 Å². The first-order chi connectivity index (χ1) is 9.16. The summed E-state index contributed by atoms with van der Waals surface area (Å²) in [5.74, 6) is -0.854. The molecule has 3 N–H and O–H groups in total. The second kappa shape index (κ2) is 6.49. The van der Waals surface area contributed by atoms with E-state index in [4.69, 9.17) is 10.5 Å². The van der Waals surface area contributed by atoms with Gasteiger partial charge < -0.3 is 15.8 Å². The van der Waals surface area contributed by atoms with Crippen LogP contribution in [-0.4, -0.2) is 50.2 Å². The number of carbonyl (C=O) groups is 1. The molecule has 0 radical (unpaired) electrons. The van der Waals surface area contributed by atoms with Crippen molar-refractivity contribution in [3.05, 3.63) is 29.6 Å². The standard InChI is InChI=1S/C13H18FN3O2/c14-11-9-10(1-2-12(11)15)13(18)16-3-4-17-5-7-19-8-6-17/h1-2,9H,3-8,15H2,(H,16,18). The van der Waals surface area contributed by atoms with Gasteiger partial charge in [0.05, 0.1) is 18.9 Å². The molecule has 0 aliphatic carbocycles. The molecule has 2 rings (SSSR count). The van der Waals surface area contributed by atoms with Crippen molar-refractivity contribution < 1.29 is 13.9 Å². The maximum Gasteiger partial charge on any atom is 0.251 e. The fourth-order valence-electron chi connectivity index (χ4n) is 1.92. The summed E-state index contributed by atoms with van der Waals surface area (Å²) in [4.78, 5) is 14.0. The number of hydrogen-bond acceptors (Lipinski definition) is 4. The molecule has 0 bridgehead atoms. The summed E-state index contributed by atoms with van der Waals surface area (Å²) in [6, 6.07) is 4.06. The fraction of sp³-hybridized carbons (Fsp3) is 0.462. The Morgan fingerprint density at radius 1 is 1.42 bits per heavy atom.